The number of carbonyl (C=O) groups excluding carboxylic acids is 1. The van der Waals surface area contributed by atoms with E-state index >= 15 is 0 Å². The van der Waals surface area contributed by atoms with E-state index in [0.717, 1.165) is 58.5 Å². The van der Waals surface area contributed by atoms with Crippen LogP contribution in [0.25, 0.3) is 5.57 Å². The van der Waals surface area contributed by atoms with Gasteiger partial charge in [0, 0.05) is 73.8 Å². The molecule has 3 aliphatic rings. The summed E-state index contributed by atoms with van der Waals surface area (Å²) in [5.74, 6) is 0.248. The zero-order valence-corrected chi connectivity index (χ0v) is 18.9. The number of piperazine rings is 1. The van der Waals surface area contributed by atoms with Crippen LogP contribution in [0.15, 0.2) is 18.5 Å². The fraction of sp³-hybridized carbons (Fsp3) is 0.609. The van der Waals surface area contributed by atoms with Gasteiger partial charge in [-0.2, -0.15) is 0 Å². The second-order valence-electron chi connectivity index (χ2n) is 9.20. The Morgan fingerprint density at radius 2 is 2.09 bits per heavy atom. The van der Waals surface area contributed by atoms with Crippen molar-refractivity contribution < 1.29 is 13.9 Å². The summed E-state index contributed by atoms with van der Waals surface area (Å²) < 4.78 is 19.0. The summed E-state index contributed by atoms with van der Waals surface area (Å²) in [6, 6.07) is 1.95. The highest BCUT2D eigenvalue weighted by atomic mass is 19.1. The number of nitrogens with zero attached hydrogens (tertiary/aromatic N) is 4. The van der Waals surface area contributed by atoms with Gasteiger partial charge in [-0.05, 0) is 39.2 Å². The first-order valence-corrected chi connectivity index (χ1v) is 11.4. The molecule has 0 aromatic carbocycles. The average Bonchev–Trinajstić information content (AvgIpc) is 3.19. The molecule has 2 saturated heterocycles. The van der Waals surface area contributed by atoms with Gasteiger partial charge in [0.05, 0.1) is 12.8 Å². The van der Waals surface area contributed by atoms with Crippen molar-refractivity contribution in [2.24, 2.45) is 11.1 Å². The summed E-state index contributed by atoms with van der Waals surface area (Å²) in [6.45, 7) is 8.91. The lowest BCUT2D eigenvalue weighted by molar-refractivity contribution is -0.00294. The van der Waals surface area contributed by atoms with Gasteiger partial charge in [0.1, 0.15) is 11.6 Å². The van der Waals surface area contributed by atoms with Crippen LogP contribution in [0.1, 0.15) is 38.7 Å². The Labute approximate surface area is 188 Å². The Bertz CT molecular complexity index is 906. The number of hydrogen-bond donors (Lipinski definition) is 2. The van der Waals surface area contributed by atoms with E-state index < -0.39 is 5.82 Å². The lowest BCUT2D eigenvalue weighted by Crippen LogP contribution is -2.58. The molecule has 2 aliphatic heterocycles. The van der Waals surface area contributed by atoms with Crippen molar-refractivity contribution in [3.05, 3.63) is 29.8 Å². The van der Waals surface area contributed by atoms with Crippen LogP contribution >= 0.6 is 0 Å². The van der Waals surface area contributed by atoms with Crippen LogP contribution in [0.4, 0.5) is 15.0 Å². The van der Waals surface area contributed by atoms with Crippen LogP contribution in [-0.4, -0.2) is 78.5 Å². The first-order valence-electron chi connectivity index (χ1n) is 11.4. The fourth-order valence-corrected chi connectivity index (χ4v) is 5.48. The van der Waals surface area contributed by atoms with Gasteiger partial charge in [0.25, 0.3) is 0 Å². The molecular weight excluding hydrogens is 411 g/mol. The number of aromatic nitrogens is 1. The molecule has 1 saturated carbocycles. The molecule has 9 heteroatoms. The Kier molecular flexibility index (Phi) is 6.37. The third-order valence-corrected chi connectivity index (χ3v) is 7.08. The minimum absolute atomic E-state index is 0.191. The number of nitrogens with two attached hydrogens (primary N) is 1. The molecule has 3 fully saturated rings. The molecule has 0 bridgehead atoms. The highest BCUT2D eigenvalue weighted by Crippen LogP contribution is 2.47. The zero-order chi connectivity index (χ0) is 22.9. The molecule has 1 spiro atoms. The van der Waals surface area contributed by atoms with Crippen molar-refractivity contribution in [3.8, 4) is 0 Å². The first-order chi connectivity index (χ1) is 15.4. The number of amides is 1. The number of likely N-dealkylation sites (tertiary alicyclic amines) is 1. The molecule has 32 heavy (non-hydrogen) atoms. The molecule has 0 radical (unpaired) electrons. The van der Waals surface area contributed by atoms with E-state index in [1.807, 2.05) is 11.8 Å². The molecule has 3 N–H and O–H groups in total. The monoisotopic (exact) mass is 444 g/mol. The molecule has 1 atom stereocenters. The van der Waals surface area contributed by atoms with Gasteiger partial charge < -0.3 is 25.7 Å². The van der Waals surface area contributed by atoms with Crippen LogP contribution in [0.3, 0.4) is 0 Å². The Balaban J connectivity index is 1.36. The number of hydrogen-bond acceptors (Lipinski definition) is 7. The Morgan fingerprint density at radius 3 is 2.72 bits per heavy atom. The maximum absolute atomic E-state index is 13.9. The number of carbonyl (C=O) groups is 1. The van der Waals surface area contributed by atoms with E-state index in [-0.39, 0.29) is 17.2 Å². The molecule has 8 nitrogen and oxygen atoms in total. The molecule has 0 unspecified atom stereocenters. The van der Waals surface area contributed by atoms with Crippen molar-refractivity contribution >= 4 is 23.2 Å². The number of anilines is 1. The van der Waals surface area contributed by atoms with Crippen LogP contribution < -0.4 is 10.6 Å². The second kappa shape index (κ2) is 9.05. The van der Waals surface area contributed by atoms with E-state index in [9.17, 15) is 9.18 Å². The summed E-state index contributed by atoms with van der Waals surface area (Å²) in [5.41, 5.74) is 7.35. The lowest BCUT2D eigenvalue weighted by atomic mass is 9.78. The van der Waals surface area contributed by atoms with Gasteiger partial charge in [-0.15, -0.1) is 0 Å². The summed E-state index contributed by atoms with van der Waals surface area (Å²) in [6.07, 6.45) is 5.82. The second-order valence-corrected chi connectivity index (χ2v) is 9.20. The highest BCUT2D eigenvalue weighted by molar-refractivity contribution is 6.22. The van der Waals surface area contributed by atoms with Crippen LogP contribution in [0, 0.1) is 16.6 Å². The minimum Gasteiger partial charge on any atom is -0.450 e. The van der Waals surface area contributed by atoms with Gasteiger partial charge in [0.2, 0.25) is 0 Å². The number of halogens is 1. The summed E-state index contributed by atoms with van der Waals surface area (Å²) >= 11 is 0. The van der Waals surface area contributed by atoms with E-state index in [0.29, 0.717) is 29.6 Å². The molecule has 1 amide bonds. The third kappa shape index (κ3) is 4.30. The quantitative estimate of drug-likeness (QED) is 0.678. The molecule has 174 valence electrons. The molecule has 1 aromatic rings. The van der Waals surface area contributed by atoms with Crippen molar-refractivity contribution in [2.45, 2.75) is 39.2 Å². The molecule has 1 aliphatic carbocycles. The largest absolute Gasteiger partial charge is 0.450 e. The SMILES string of the molecule is CCOC(=O)N1CC2(CC[C@@H](N3CCN(c4ncc(F)cc4/C(=C/N)C(C)=N)CC3)C2)C1. The van der Waals surface area contributed by atoms with E-state index in [1.165, 1.54) is 18.5 Å². The first kappa shape index (κ1) is 22.5. The summed E-state index contributed by atoms with van der Waals surface area (Å²) in [5, 5.41) is 7.98. The zero-order valence-electron chi connectivity index (χ0n) is 18.9. The Morgan fingerprint density at radius 1 is 1.38 bits per heavy atom. The van der Waals surface area contributed by atoms with Gasteiger partial charge in [-0.25, -0.2) is 14.2 Å². The lowest BCUT2D eigenvalue weighted by Gasteiger charge is -2.48. The van der Waals surface area contributed by atoms with Gasteiger partial charge in [0.15, 0.2) is 0 Å². The fourth-order valence-electron chi connectivity index (χ4n) is 5.48. The summed E-state index contributed by atoms with van der Waals surface area (Å²) in [4.78, 5) is 22.8. The Hall–Kier alpha value is -2.68. The highest BCUT2D eigenvalue weighted by Gasteiger charge is 2.51. The predicted octanol–water partition coefficient (Wildman–Crippen LogP) is 2.69. The normalized spacial score (nSPS) is 23.3. The van der Waals surface area contributed by atoms with Gasteiger partial charge in [-0.1, -0.05) is 0 Å². The molecule has 3 heterocycles. The number of allylic oxidation sites excluding steroid dienone is 1. The standard InChI is InChI=1S/C23H33FN6O2/c1-3-32-22(31)30-14-23(15-30)5-4-18(11-23)28-6-8-29(9-7-28)21-19(10-17(24)13-27-21)20(12-25)16(2)26/h10,12-13,18,26H,3-9,11,14-15,25H2,1-2H3/b20-12+,26-16?/t18-/m1/s1. The van der Waals surface area contributed by atoms with E-state index in [1.54, 1.807) is 6.92 Å². The maximum atomic E-state index is 13.9. The number of rotatable bonds is 5. The van der Waals surface area contributed by atoms with Crippen LogP contribution in [0.5, 0.6) is 0 Å². The minimum atomic E-state index is -0.434. The van der Waals surface area contributed by atoms with E-state index in [2.05, 4.69) is 14.8 Å². The van der Waals surface area contributed by atoms with Crippen molar-refractivity contribution in [1.82, 2.24) is 14.8 Å². The average molecular weight is 445 g/mol. The molecule has 1 aromatic heterocycles. The van der Waals surface area contributed by atoms with E-state index in [4.69, 9.17) is 15.9 Å². The molecule has 4 rings (SSSR count). The predicted molar refractivity (Wildman–Crippen MR) is 122 cm³/mol. The molecular formula is C23H33FN6O2. The van der Waals surface area contributed by atoms with Crippen molar-refractivity contribution in [3.63, 3.8) is 0 Å². The number of ether oxygens (including phenoxy) is 1. The number of nitrogens with one attached hydrogen (secondary N) is 1. The smallest absolute Gasteiger partial charge is 0.409 e. The van der Waals surface area contributed by atoms with Crippen LogP contribution in [0.2, 0.25) is 0 Å². The van der Waals surface area contributed by atoms with Crippen LogP contribution in [-0.2, 0) is 4.74 Å². The van der Waals surface area contributed by atoms with Gasteiger partial charge in [-0.3, -0.25) is 4.90 Å². The van der Waals surface area contributed by atoms with Gasteiger partial charge >= 0.3 is 6.09 Å². The maximum Gasteiger partial charge on any atom is 0.409 e. The summed E-state index contributed by atoms with van der Waals surface area (Å²) in [7, 11) is 0. The van der Waals surface area contributed by atoms with Crippen molar-refractivity contribution in [1.29, 1.82) is 5.41 Å². The number of pyridine rings is 1. The van der Waals surface area contributed by atoms with Crippen molar-refractivity contribution in [2.75, 3.05) is 50.8 Å². The third-order valence-electron chi connectivity index (χ3n) is 7.08. The topological polar surface area (TPSA) is 98.8 Å².